The minimum absolute atomic E-state index is 0.0366. The van der Waals surface area contributed by atoms with Crippen LogP contribution in [0.3, 0.4) is 0 Å². The predicted octanol–water partition coefficient (Wildman–Crippen LogP) is 0.398. The molecule has 1 rings (SSSR count). The number of carbonyl (C=O) groups is 1. The number of hydrogen-bond acceptors (Lipinski definition) is 4. The molecule has 5 heteroatoms. The van der Waals surface area contributed by atoms with E-state index in [4.69, 9.17) is 10.5 Å². The first-order valence-corrected chi connectivity index (χ1v) is 7.30. The van der Waals surface area contributed by atoms with Crippen LogP contribution in [0.2, 0.25) is 0 Å². The minimum Gasteiger partial charge on any atom is -0.383 e. The van der Waals surface area contributed by atoms with E-state index < -0.39 is 0 Å². The molecule has 0 aromatic rings. The molecule has 1 heterocycles. The average molecular weight is 271 g/mol. The van der Waals surface area contributed by atoms with Crippen LogP contribution in [-0.2, 0) is 9.53 Å². The number of rotatable bonds is 6. The number of hydrogen-bond donors (Lipinski definition) is 1. The molecule has 0 aliphatic carbocycles. The average Bonchev–Trinajstić information content (AvgIpc) is 2.62. The Kier molecular flexibility index (Phi) is 7.34. The summed E-state index contributed by atoms with van der Waals surface area (Å²) in [7, 11) is 1.72. The standard InChI is InChI=1S/C14H29N3O2/c1-12(2)13(11-15)14(18)17-6-4-5-16(7-8-17)9-10-19-3/h12-13H,4-11,15H2,1-3H3. The van der Waals surface area contributed by atoms with Gasteiger partial charge in [0.1, 0.15) is 0 Å². The van der Waals surface area contributed by atoms with Gasteiger partial charge in [-0.15, -0.1) is 0 Å². The number of nitrogens with two attached hydrogens (primary N) is 1. The second-order valence-corrected chi connectivity index (χ2v) is 5.60. The molecule has 1 atom stereocenters. The number of amides is 1. The summed E-state index contributed by atoms with van der Waals surface area (Å²) in [4.78, 5) is 16.8. The number of ether oxygens (including phenoxy) is 1. The molecule has 5 nitrogen and oxygen atoms in total. The van der Waals surface area contributed by atoms with Crippen LogP contribution in [0, 0.1) is 11.8 Å². The first-order chi connectivity index (χ1) is 9.10. The Bertz CT molecular complexity index is 271. The fourth-order valence-electron chi connectivity index (χ4n) is 2.53. The smallest absolute Gasteiger partial charge is 0.227 e. The van der Waals surface area contributed by atoms with Crippen molar-refractivity contribution in [2.24, 2.45) is 17.6 Å². The molecular weight excluding hydrogens is 242 g/mol. The molecule has 112 valence electrons. The number of methoxy groups -OCH3 is 1. The molecule has 0 saturated carbocycles. The van der Waals surface area contributed by atoms with Crippen LogP contribution in [0.15, 0.2) is 0 Å². The third-order valence-corrected chi connectivity index (χ3v) is 3.89. The molecule has 19 heavy (non-hydrogen) atoms. The third-order valence-electron chi connectivity index (χ3n) is 3.89. The van der Waals surface area contributed by atoms with Crippen molar-refractivity contribution in [3.63, 3.8) is 0 Å². The topological polar surface area (TPSA) is 58.8 Å². The lowest BCUT2D eigenvalue weighted by atomic mass is 9.94. The van der Waals surface area contributed by atoms with E-state index in [1.165, 1.54) is 0 Å². The molecule has 1 aliphatic heterocycles. The minimum atomic E-state index is -0.0366. The van der Waals surface area contributed by atoms with Gasteiger partial charge in [-0.25, -0.2) is 0 Å². The van der Waals surface area contributed by atoms with Gasteiger partial charge in [0.25, 0.3) is 0 Å². The molecule has 0 aromatic heterocycles. The van der Waals surface area contributed by atoms with Crippen molar-refractivity contribution in [1.29, 1.82) is 0 Å². The van der Waals surface area contributed by atoms with E-state index in [0.717, 1.165) is 45.8 Å². The van der Waals surface area contributed by atoms with E-state index in [-0.39, 0.29) is 11.8 Å². The normalized spacial score (nSPS) is 19.5. The second kappa shape index (κ2) is 8.51. The van der Waals surface area contributed by atoms with E-state index >= 15 is 0 Å². The van der Waals surface area contributed by atoms with Crippen molar-refractivity contribution >= 4 is 5.91 Å². The maximum atomic E-state index is 12.4. The van der Waals surface area contributed by atoms with Gasteiger partial charge < -0.3 is 15.4 Å². The van der Waals surface area contributed by atoms with Crippen molar-refractivity contribution < 1.29 is 9.53 Å². The lowest BCUT2D eigenvalue weighted by molar-refractivity contribution is -0.136. The first-order valence-electron chi connectivity index (χ1n) is 7.30. The van der Waals surface area contributed by atoms with Crippen LogP contribution in [0.5, 0.6) is 0 Å². The molecule has 1 fully saturated rings. The van der Waals surface area contributed by atoms with Crippen molar-refractivity contribution in [2.75, 3.05) is 53.0 Å². The summed E-state index contributed by atoms with van der Waals surface area (Å²) >= 11 is 0. The molecule has 1 unspecified atom stereocenters. The van der Waals surface area contributed by atoms with E-state index in [0.29, 0.717) is 12.5 Å². The summed E-state index contributed by atoms with van der Waals surface area (Å²) in [6.07, 6.45) is 1.03. The highest BCUT2D eigenvalue weighted by atomic mass is 16.5. The Morgan fingerprint density at radius 1 is 1.26 bits per heavy atom. The molecular formula is C14H29N3O2. The lowest BCUT2D eigenvalue weighted by Gasteiger charge is -2.27. The Morgan fingerprint density at radius 2 is 2.00 bits per heavy atom. The third kappa shape index (κ3) is 5.09. The molecule has 0 bridgehead atoms. The molecule has 1 amide bonds. The highest BCUT2D eigenvalue weighted by molar-refractivity contribution is 5.79. The monoisotopic (exact) mass is 271 g/mol. The zero-order valence-electron chi connectivity index (χ0n) is 12.6. The van der Waals surface area contributed by atoms with Crippen molar-refractivity contribution in [3.05, 3.63) is 0 Å². The number of nitrogens with zero attached hydrogens (tertiary/aromatic N) is 2. The van der Waals surface area contributed by atoms with E-state index in [9.17, 15) is 4.79 Å². The van der Waals surface area contributed by atoms with Gasteiger partial charge in [0, 0.05) is 39.8 Å². The van der Waals surface area contributed by atoms with E-state index in [1.54, 1.807) is 7.11 Å². The van der Waals surface area contributed by atoms with Crippen LogP contribution < -0.4 is 5.73 Å². The number of carbonyl (C=O) groups excluding carboxylic acids is 1. The van der Waals surface area contributed by atoms with Crippen molar-refractivity contribution in [2.45, 2.75) is 20.3 Å². The SMILES string of the molecule is COCCN1CCCN(C(=O)C(CN)C(C)C)CC1. The zero-order chi connectivity index (χ0) is 14.3. The molecule has 0 radical (unpaired) electrons. The van der Waals surface area contributed by atoms with Gasteiger partial charge in [-0.2, -0.15) is 0 Å². The second-order valence-electron chi connectivity index (χ2n) is 5.60. The zero-order valence-corrected chi connectivity index (χ0v) is 12.6. The summed E-state index contributed by atoms with van der Waals surface area (Å²) in [6, 6.07) is 0. The van der Waals surface area contributed by atoms with E-state index in [2.05, 4.69) is 18.7 Å². The van der Waals surface area contributed by atoms with E-state index in [1.807, 2.05) is 4.90 Å². The Morgan fingerprint density at radius 3 is 2.58 bits per heavy atom. The molecule has 1 aliphatic rings. The van der Waals surface area contributed by atoms with Crippen LogP contribution >= 0.6 is 0 Å². The van der Waals surface area contributed by atoms with Gasteiger partial charge in [0.15, 0.2) is 0 Å². The highest BCUT2D eigenvalue weighted by Gasteiger charge is 2.27. The summed E-state index contributed by atoms with van der Waals surface area (Å²) in [5.74, 6) is 0.502. The van der Waals surface area contributed by atoms with Gasteiger partial charge in [0.05, 0.1) is 12.5 Å². The molecule has 2 N–H and O–H groups in total. The van der Waals surface area contributed by atoms with Gasteiger partial charge in [-0.05, 0) is 18.9 Å². The quantitative estimate of drug-likeness (QED) is 0.759. The highest BCUT2D eigenvalue weighted by Crippen LogP contribution is 2.14. The Balaban J connectivity index is 2.49. The van der Waals surface area contributed by atoms with Gasteiger partial charge in [-0.3, -0.25) is 9.69 Å². The van der Waals surface area contributed by atoms with Gasteiger partial charge in [0.2, 0.25) is 5.91 Å². The summed E-state index contributed by atoms with van der Waals surface area (Å²) < 4.78 is 5.11. The van der Waals surface area contributed by atoms with Crippen LogP contribution in [0.25, 0.3) is 0 Å². The van der Waals surface area contributed by atoms with Gasteiger partial charge in [-0.1, -0.05) is 13.8 Å². The van der Waals surface area contributed by atoms with Crippen molar-refractivity contribution in [3.8, 4) is 0 Å². The van der Waals surface area contributed by atoms with Crippen LogP contribution in [0.4, 0.5) is 0 Å². The predicted molar refractivity (Wildman–Crippen MR) is 76.9 cm³/mol. The summed E-state index contributed by atoms with van der Waals surface area (Å²) in [5, 5.41) is 0. The maximum absolute atomic E-state index is 12.4. The fourth-order valence-corrected chi connectivity index (χ4v) is 2.53. The fraction of sp³-hybridized carbons (Fsp3) is 0.929. The maximum Gasteiger partial charge on any atom is 0.227 e. The van der Waals surface area contributed by atoms with Crippen LogP contribution in [0.1, 0.15) is 20.3 Å². The molecule has 0 spiro atoms. The lowest BCUT2D eigenvalue weighted by Crippen LogP contribution is -2.43. The van der Waals surface area contributed by atoms with Crippen LogP contribution in [-0.4, -0.2) is 68.7 Å². The summed E-state index contributed by atoms with van der Waals surface area (Å²) in [6.45, 7) is 9.93. The Labute approximate surface area is 117 Å². The molecule has 1 saturated heterocycles. The largest absolute Gasteiger partial charge is 0.383 e. The Hall–Kier alpha value is -0.650. The van der Waals surface area contributed by atoms with Gasteiger partial charge >= 0.3 is 0 Å². The first kappa shape index (κ1) is 16.4. The molecule has 0 aromatic carbocycles. The van der Waals surface area contributed by atoms with Crippen molar-refractivity contribution in [1.82, 2.24) is 9.80 Å². The summed E-state index contributed by atoms with van der Waals surface area (Å²) in [5.41, 5.74) is 5.74.